The molecule has 1 unspecified atom stereocenters. The number of fused-ring (bicyclic) bond motifs is 1. The molecule has 0 saturated carbocycles. The van der Waals surface area contributed by atoms with Gasteiger partial charge in [0, 0.05) is 18.7 Å². The van der Waals surface area contributed by atoms with E-state index in [1.54, 1.807) is 0 Å². The minimum Gasteiger partial charge on any atom is -0.329 e. The van der Waals surface area contributed by atoms with Gasteiger partial charge in [-0.3, -0.25) is 10.1 Å². The number of sulfonamides is 1. The highest BCUT2D eigenvalue weighted by Crippen LogP contribution is 2.28. The van der Waals surface area contributed by atoms with E-state index in [1.165, 1.54) is 25.1 Å². The number of nitrogens with one attached hydrogen (secondary N) is 1. The van der Waals surface area contributed by atoms with E-state index in [0.29, 0.717) is 5.82 Å². The molecule has 0 aliphatic carbocycles. The van der Waals surface area contributed by atoms with Gasteiger partial charge in [0.1, 0.15) is 11.9 Å². The molecule has 1 atom stereocenters. The second kappa shape index (κ2) is 7.93. The Morgan fingerprint density at radius 1 is 1.03 bits per heavy atom. The van der Waals surface area contributed by atoms with Crippen LogP contribution in [0.2, 0.25) is 0 Å². The van der Waals surface area contributed by atoms with Crippen LogP contribution in [0.1, 0.15) is 23.0 Å². The van der Waals surface area contributed by atoms with Crippen LogP contribution in [-0.4, -0.2) is 22.9 Å². The molecule has 0 aliphatic heterocycles. The second-order valence-electron chi connectivity index (χ2n) is 7.19. The molecule has 1 N–H and O–H groups in total. The Hall–Kier alpha value is -3.56. The molecule has 0 saturated heterocycles. The van der Waals surface area contributed by atoms with Crippen LogP contribution in [0.15, 0.2) is 77.7 Å². The molecule has 0 amide bonds. The maximum Gasteiger partial charge on any atom is 0.272 e. The molecule has 4 rings (SSSR count). The number of rotatable bonds is 6. The van der Waals surface area contributed by atoms with Gasteiger partial charge < -0.3 is 4.57 Å². The van der Waals surface area contributed by atoms with E-state index >= 15 is 0 Å². The summed E-state index contributed by atoms with van der Waals surface area (Å²) in [6.07, 6.45) is 0. The predicted molar refractivity (Wildman–Crippen MR) is 117 cm³/mol. The summed E-state index contributed by atoms with van der Waals surface area (Å²) in [5.74, 6) is 0.537. The first-order valence-corrected chi connectivity index (χ1v) is 11.0. The van der Waals surface area contributed by atoms with E-state index in [9.17, 15) is 18.5 Å². The van der Waals surface area contributed by atoms with Crippen LogP contribution in [0.25, 0.3) is 11.0 Å². The zero-order valence-electron chi connectivity index (χ0n) is 16.9. The lowest BCUT2D eigenvalue weighted by Gasteiger charge is -2.19. The molecular weight excluding hydrogens is 416 g/mol. The molecule has 1 heterocycles. The zero-order valence-corrected chi connectivity index (χ0v) is 17.7. The molecule has 0 radical (unpaired) electrons. The first kappa shape index (κ1) is 20.7. The number of nitrogens with zero attached hydrogens (tertiary/aromatic N) is 3. The summed E-state index contributed by atoms with van der Waals surface area (Å²) in [5, 5.41) is 11.1. The molecule has 9 heteroatoms. The van der Waals surface area contributed by atoms with Crippen LogP contribution >= 0.6 is 0 Å². The lowest BCUT2D eigenvalue weighted by atomic mass is 10.1. The molecule has 4 aromatic rings. The van der Waals surface area contributed by atoms with Gasteiger partial charge in [-0.2, -0.15) is 4.72 Å². The van der Waals surface area contributed by atoms with Crippen molar-refractivity contribution in [2.45, 2.75) is 17.9 Å². The molecule has 158 valence electrons. The van der Waals surface area contributed by atoms with E-state index in [2.05, 4.69) is 9.71 Å². The molecule has 0 fully saturated rings. The van der Waals surface area contributed by atoms with Crippen molar-refractivity contribution in [2.24, 2.45) is 7.05 Å². The highest BCUT2D eigenvalue weighted by atomic mass is 32.2. The van der Waals surface area contributed by atoms with Gasteiger partial charge >= 0.3 is 0 Å². The molecule has 0 spiro atoms. The number of imidazole rings is 1. The summed E-state index contributed by atoms with van der Waals surface area (Å²) in [6.45, 7) is 1.51. The number of aromatic nitrogens is 2. The van der Waals surface area contributed by atoms with Crippen LogP contribution in [0, 0.1) is 17.0 Å². The van der Waals surface area contributed by atoms with E-state index < -0.39 is 21.0 Å². The predicted octanol–water partition coefficient (Wildman–Crippen LogP) is 3.86. The number of para-hydroxylation sites is 2. The summed E-state index contributed by atoms with van der Waals surface area (Å²) in [6, 6.07) is 19.7. The Kier molecular flexibility index (Phi) is 5.30. The summed E-state index contributed by atoms with van der Waals surface area (Å²) >= 11 is 0. The Labute approximate surface area is 179 Å². The van der Waals surface area contributed by atoms with Crippen molar-refractivity contribution >= 4 is 26.7 Å². The first-order valence-electron chi connectivity index (χ1n) is 9.51. The minimum absolute atomic E-state index is 0.0460. The highest BCUT2D eigenvalue weighted by molar-refractivity contribution is 7.89. The average molecular weight is 436 g/mol. The zero-order chi connectivity index (χ0) is 22.2. The second-order valence-corrected chi connectivity index (χ2v) is 8.90. The molecule has 31 heavy (non-hydrogen) atoms. The maximum absolute atomic E-state index is 13.2. The topological polar surface area (TPSA) is 107 Å². The average Bonchev–Trinajstić information content (AvgIpc) is 3.09. The van der Waals surface area contributed by atoms with Crippen molar-refractivity contribution in [2.75, 3.05) is 0 Å². The third-order valence-electron chi connectivity index (χ3n) is 5.16. The summed E-state index contributed by atoms with van der Waals surface area (Å²) < 4.78 is 31.1. The van der Waals surface area contributed by atoms with E-state index in [4.69, 9.17) is 0 Å². The third kappa shape index (κ3) is 3.92. The lowest BCUT2D eigenvalue weighted by Crippen LogP contribution is -2.31. The summed E-state index contributed by atoms with van der Waals surface area (Å²) in [5.41, 5.74) is 2.50. The van der Waals surface area contributed by atoms with Crippen LogP contribution < -0.4 is 4.72 Å². The minimum atomic E-state index is -4.00. The van der Waals surface area contributed by atoms with E-state index in [-0.39, 0.29) is 16.1 Å². The van der Waals surface area contributed by atoms with Crippen molar-refractivity contribution in [3.8, 4) is 0 Å². The first-order chi connectivity index (χ1) is 14.8. The van der Waals surface area contributed by atoms with Crippen LogP contribution in [0.4, 0.5) is 5.69 Å². The molecule has 8 nitrogen and oxygen atoms in total. The van der Waals surface area contributed by atoms with Crippen molar-refractivity contribution in [3.63, 3.8) is 0 Å². The molecule has 0 bridgehead atoms. The van der Waals surface area contributed by atoms with Crippen LogP contribution in [-0.2, 0) is 17.1 Å². The van der Waals surface area contributed by atoms with Gasteiger partial charge in [-0.25, -0.2) is 13.4 Å². The Morgan fingerprint density at radius 2 is 1.71 bits per heavy atom. The van der Waals surface area contributed by atoms with Crippen molar-refractivity contribution in [1.29, 1.82) is 0 Å². The number of hydrogen-bond acceptors (Lipinski definition) is 5. The van der Waals surface area contributed by atoms with E-state index in [1.807, 2.05) is 66.2 Å². The van der Waals surface area contributed by atoms with E-state index in [0.717, 1.165) is 16.6 Å². The Bertz CT molecular complexity index is 1380. The monoisotopic (exact) mass is 436 g/mol. The van der Waals surface area contributed by atoms with Gasteiger partial charge in [0.25, 0.3) is 5.69 Å². The van der Waals surface area contributed by atoms with Gasteiger partial charge in [-0.15, -0.1) is 0 Å². The van der Waals surface area contributed by atoms with Crippen molar-refractivity contribution < 1.29 is 13.3 Å². The quantitative estimate of drug-likeness (QED) is 0.365. The largest absolute Gasteiger partial charge is 0.329 e. The van der Waals surface area contributed by atoms with Gasteiger partial charge in [-0.05, 0) is 36.8 Å². The third-order valence-corrected chi connectivity index (χ3v) is 6.58. The fraction of sp³-hybridized carbons (Fsp3) is 0.136. The standard InChI is InChI=1S/C22H20N4O4S/c1-15-14-17(12-13-19(15)26(27)28)31(29,30)24-21(16-8-4-3-5-9-16)22-23-18-10-6-7-11-20(18)25(22)2/h3-14,21,24H,1-2H3. The SMILES string of the molecule is Cc1cc(S(=O)(=O)NC(c2ccccc2)c2nc3ccccc3n2C)ccc1[N+](=O)[O-]. The number of aryl methyl sites for hydroxylation is 2. The number of nitro benzene ring substituents is 1. The van der Waals surface area contributed by atoms with Gasteiger partial charge in [0.2, 0.25) is 10.0 Å². The Morgan fingerprint density at radius 3 is 2.35 bits per heavy atom. The number of benzene rings is 3. The summed E-state index contributed by atoms with van der Waals surface area (Å²) in [4.78, 5) is 15.2. The van der Waals surface area contributed by atoms with Crippen LogP contribution in [0.5, 0.6) is 0 Å². The maximum atomic E-state index is 13.2. The molecule has 0 aliphatic rings. The van der Waals surface area contributed by atoms with Gasteiger partial charge in [0.15, 0.2) is 0 Å². The fourth-order valence-electron chi connectivity index (χ4n) is 3.56. The molecular formula is C22H20N4O4S. The lowest BCUT2D eigenvalue weighted by molar-refractivity contribution is -0.385. The molecule has 1 aromatic heterocycles. The van der Waals surface area contributed by atoms with Crippen LogP contribution in [0.3, 0.4) is 0 Å². The van der Waals surface area contributed by atoms with Crippen molar-refractivity contribution in [1.82, 2.24) is 14.3 Å². The number of hydrogen-bond donors (Lipinski definition) is 1. The normalized spacial score (nSPS) is 12.7. The highest BCUT2D eigenvalue weighted by Gasteiger charge is 2.27. The Balaban J connectivity index is 1.81. The smallest absolute Gasteiger partial charge is 0.272 e. The number of nitro groups is 1. The fourth-order valence-corrected chi connectivity index (χ4v) is 4.83. The van der Waals surface area contributed by atoms with Crippen molar-refractivity contribution in [3.05, 3.63) is 99.9 Å². The van der Waals surface area contributed by atoms with Gasteiger partial charge in [-0.1, -0.05) is 42.5 Å². The summed E-state index contributed by atoms with van der Waals surface area (Å²) in [7, 11) is -2.16. The molecule has 3 aromatic carbocycles. The van der Waals surface area contributed by atoms with Gasteiger partial charge in [0.05, 0.1) is 20.9 Å².